The normalized spacial score (nSPS) is 27.6. The van der Waals surface area contributed by atoms with E-state index in [2.05, 4.69) is 0 Å². The lowest BCUT2D eigenvalue weighted by Gasteiger charge is -2.35. The maximum absolute atomic E-state index is 12.6. The van der Waals surface area contributed by atoms with Crippen LogP contribution in [0.5, 0.6) is 11.5 Å². The van der Waals surface area contributed by atoms with Gasteiger partial charge in [-0.1, -0.05) is 0 Å². The SMILES string of the molecule is COc1ccc(OC[C@@H]2[C@H]3CC[C@H](C3)N2S(=O)(=O)N(C)C)cc1. The van der Waals surface area contributed by atoms with Crippen LogP contribution < -0.4 is 9.47 Å². The van der Waals surface area contributed by atoms with Crippen LogP contribution in [0.2, 0.25) is 0 Å². The van der Waals surface area contributed by atoms with E-state index in [1.54, 1.807) is 25.5 Å². The van der Waals surface area contributed by atoms with E-state index in [1.165, 1.54) is 4.31 Å². The van der Waals surface area contributed by atoms with Crippen molar-refractivity contribution >= 4 is 10.2 Å². The number of rotatable bonds is 6. The van der Waals surface area contributed by atoms with Crippen LogP contribution >= 0.6 is 0 Å². The van der Waals surface area contributed by atoms with E-state index < -0.39 is 10.2 Å². The van der Waals surface area contributed by atoms with Crippen LogP contribution in [0.4, 0.5) is 0 Å². The van der Waals surface area contributed by atoms with E-state index in [4.69, 9.17) is 9.47 Å². The molecule has 0 amide bonds. The summed E-state index contributed by atoms with van der Waals surface area (Å²) in [6.45, 7) is 0.389. The van der Waals surface area contributed by atoms with Gasteiger partial charge in [-0.25, -0.2) is 0 Å². The molecule has 3 atom stereocenters. The van der Waals surface area contributed by atoms with Gasteiger partial charge in [0.15, 0.2) is 0 Å². The van der Waals surface area contributed by atoms with Gasteiger partial charge in [0.05, 0.1) is 13.2 Å². The second-order valence-corrected chi connectivity index (χ2v) is 8.45. The van der Waals surface area contributed by atoms with Gasteiger partial charge in [0.25, 0.3) is 10.2 Å². The Labute approximate surface area is 138 Å². The van der Waals surface area contributed by atoms with Crippen molar-refractivity contribution in [3.63, 3.8) is 0 Å². The molecule has 1 saturated heterocycles. The van der Waals surface area contributed by atoms with Crippen molar-refractivity contribution in [2.75, 3.05) is 27.8 Å². The second kappa shape index (κ2) is 6.30. The topological polar surface area (TPSA) is 59.1 Å². The Balaban J connectivity index is 1.72. The molecule has 0 radical (unpaired) electrons. The van der Waals surface area contributed by atoms with Crippen molar-refractivity contribution in [3.8, 4) is 11.5 Å². The summed E-state index contributed by atoms with van der Waals surface area (Å²) in [4.78, 5) is 0. The molecule has 3 rings (SSSR count). The minimum Gasteiger partial charge on any atom is -0.497 e. The summed E-state index contributed by atoms with van der Waals surface area (Å²) in [7, 11) is 1.39. The van der Waals surface area contributed by atoms with E-state index in [0.29, 0.717) is 12.5 Å². The highest BCUT2D eigenvalue weighted by Crippen LogP contribution is 2.44. The van der Waals surface area contributed by atoms with Gasteiger partial charge in [-0.2, -0.15) is 17.0 Å². The maximum atomic E-state index is 12.6. The number of hydrogen-bond donors (Lipinski definition) is 0. The lowest BCUT2D eigenvalue weighted by molar-refractivity contribution is 0.157. The number of benzene rings is 1. The smallest absolute Gasteiger partial charge is 0.282 e. The van der Waals surface area contributed by atoms with E-state index in [-0.39, 0.29) is 12.1 Å². The third kappa shape index (κ3) is 3.05. The van der Waals surface area contributed by atoms with Crippen LogP contribution in [-0.4, -0.2) is 56.9 Å². The fourth-order valence-electron chi connectivity index (χ4n) is 3.66. The quantitative estimate of drug-likeness (QED) is 0.791. The first-order valence-corrected chi connectivity index (χ1v) is 9.31. The summed E-state index contributed by atoms with van der Waals surface area (Å²) in [5.74, 6) is 1.90. The Morgan fingerprint density at radius 3 is 2.43 bits per heavy atom. The number of nitrogens with zero attached hydrogens (tertiary/aromatic N) is 2. The second-order valence-electron chi connectivity index (χ2n) is 6.40. The first-order valence-electron chi connectivity index (χ1n) is 7.91. The Bertz CT molecular complexity index is 645. The van der Waals surface area contributed by atoms with Gasteiger partial charge in [0.1, 0.15) is 18.1 Å². The molecular weight excluding hydrogens is 316 g/mol. The monoisotopic (exact) mass is 340 g/mol. The van der Waals surface area contributed by atoms with E-state index >= 15 is 0 Å². The molecule has 0 unspecified atom stereocenters. The van der Waals surface area contributed by atoms with Crippen molar-refractivity contribution < 1.29 is 17.9 Å². The number of fused-ring (bicyclic) bond motifs is 2. The molecule has 2 fully saturated rings. The largest absolute Gasteiger partial charge is 0.497 e. The molecule has 1 heterocycles. The van der Waals surface area contributed by atoms with Crippen LogP contribution in [-0.2, 0) is 10.2 Å². The Hall–Kier alpha value is -1.31. The molecule has 2 aliphatic rings. The molecule has 1 saturated carbocycles. The molecule has 128 valence electrons. The number of hydrogen-bond acceptors (Lipinski definition) is 4. The zero-order valence-electron chi connectivity index (χ0n) is 13.8. The minimum atomic E-state index is -3.41. The first kappa shape index (κ1) is 16.5. The Kier molecular flexibility index (Phi) is 4.53. The van der Waals surface area contributed by atoms with Crippen LogP contribution in [0.3, 0.4) is 0 Å². The molecule has 1 aromatic rings. The van der Waals surface area contributed by atoms with Crippen LogP contribution in [0.1, 0.15) is 19.3 Å². The number of methoxy groups -OCH3 is 1. The molecule has 7 heteroatoms. The van der Waals surface area contributed by atoms with Gasteiger partial charge in [0, 0.05) is 20.1 Å². The number of ether oxygens (including phenoxy) is 2. The van der Waals surface area contributed by atoms with E-state index in [0.717, 1.165) is 30.8 Å². The van der Waals surface area contributed by atoms with Crippen LogP contribution in [0, 0.1) is 5.92 Å². The Morgan fingerprint density at radius 2 is 1.83 bits per heavy atom. The molecule has 23 heavy (non-hydrogen) atoms. The summed E-state index contributed by atoms with van der Waals surface area (Å²) >= 11 is 0. The third-order valence-electron chi connectivity index (χ3n) is 4.88. The summed E-state index contributed by atoms with van der Waals surface area (Å²) in [5.41, 5.74) is 0. The van der Waals surface area contributed by atoms with Crippen molar-refractivity contribution in [1.82, 2.24) is 8.61 Å². The van der Waals surface area contributed by atoms with Crippen molar-refractivity contribution in [2.45, 2.75) is 31.3 Å². The first-order chi connectivity index (χ1) is 10.9. The molecule has 0 N–H and O–H groups in total. The summed E-state index contributed by atoms with van der Waals surface area (Å²) in [5, 5.41) is 0. The standard InChI is InChI=1S/C16H24N2O4S/c1-17(2)23(19,20)18-13-5-4-12(10-13)16(18)11-22-15-8-6-14(21-3)7-9-15/h6-9,12-13,16H,4-5,10-11H2,1-3H3/t12-,13+,16+/m0/s1. The highest BCUT2D eigenvalue weighted by atomic mass is 32.2. The molecule has 0 spiro atoms. The highest BCUT2D eigenvalue weighted by molar-refractivity contribution is 7.86. The molecular formula is C16H24N2O4S. The Morgan fingerprint density at radius 1 is 1.17 bits per heavy atom. The molecule has 1 aliphatic carbocycles. The van der Waals surface area contributed by atoms with Gasteiger partial charge in [-0.15, -0.1) is 0 Å². The molecule has 0 aromatic heterocycles. The zero-order chi connectivity index (χ0) is 16.6. The van der Waals surface area contributed by atoms with Crippen molar-refractivity contribution in [2.24, 2.45) is 5.92 Å². The maximum Gasteiger partial charge on any atom is 0.282 e. The fraction of sp³-hybridized carbons (Fsp3) is 0.625. The van der Waals surface area contributed by atoms with Gasteiger partial charge < -0.3 is 9.47 Å². The van der Waals surface area contributed by atoms with E-state index in [1.807, 2.05) is 24.3 Å². The van der Waals surface area contributed by atoms with Gasteiger partial charge in [-0.05, 0) is 49.4 Å². The average Bonchev–Trinajstić information content (AvgIpc) is 3.14. The lowest BCUT2D eigenvalue weighted by Crippen LogP contribution is -2.51. The zero-order valence-corrected chi connectivity index (χ0v) is 14.6. The summed E-state index contributed by atoms with van der Waals surface area (Å²) < 4.78 is 39.2. The molecule has 1 aromatic carbocycles. The summed E-state index contributed by atoms with van der Waals surface area (Å²) in [6.07, 6.45) is 2.99. The predicted octanol–water partition coefficient (Wildman–Crippen LogP) is 1.73. The predicted molar refractivity (Wildman–Crippen MR) is 87.9 cm³/mol. The average molecular weight is 340 g/mol. The minimum absolute atomic E-state index is 0.0803. The lowest BCUT2D eigenvalue weighted by atomic mass is 10.0. The molecule has 2 bridgehead atoms. The van der Waals surface area contributed by atoms with Gasteiger partial charge in [0.2, 0.25) is 0 Å². The van der Waals surface area contributed by atoms with Crippen LogP contribution in [0.25, 0.3) is 0 Å². The van der Waals surface area contributed by atoms with Crippen molar-refractivity contribution in [3.05, 3.63) is 24.3 Å². The van der Waals surface area contributed by atoms with Gasteiger partial charge in [-0.3, -0.25) is 0 Å². The molecule has 6 nitrogen and oxygen atoms in total. The number of piperidine rings is 1. The van der Waals surface area contributed by atoms with Crippen LogP contribution in [0.15, 0.2) is 24.3 Å². The van der Waals surface area contributed by atoms with E-state index in [9.17, 15) is 8.42 Å². The summed E-state index contributed by atoms with van der Waals surface area (Å²) in [6, 6.07) is 7.41. The fourth-order valence-corrected chi connectivity index (χ4v) is 5.18. The third-order valence-corrected chi connectivity index (χ3v) is 6.91. The van der Waals surface area contributed by atoms with Crippen molar-refractivity contribution in [1.29, 1.82) is 0 Å². The highest BCUT2D eigenvalue weighted by Gasteiger charge is 2.51. The van der Waals surface area contributed by atoms with Gasteiger partial charge >= 0.3 is 0 Å². The molecule has 1 aliphatic heterocycles.